The average Bonchev–Trinajstić information content (AvgIpc) is 3.61. The summed E-state index contributed by atoms with van der Waals surface area (Å²) in [4.78, 5) is 31.8. The summed E-state index contributed by atoms with van der Waals surface area (Å²) in [7, 11) is 1.70. The van der Waals surface area contributed by atoms with Gasteiger partial charge in [-0.2, -0.15) is 0 Å². The van der Waals surface area contributed by atoms with Gasteiger partial charge in [-0.05, 0) is 74.5 Å². The predicted octanol–water partition coefficient (Wildman–Crippen LogP) is 5.75. The molecule has 7 heteroatoms. The van der Waals surface area contributed by atoms with Crippen molar-refractivity contribution in [2.75, 3.05) is 38.6 Å². The van der Waals surface area contributed by atoms with Crippen molar-refractivity contribution in [3.8, 4) is 16.9 Å². The first-order valence-corrected chi connectivity index (χ1v) is 13.8. The van der Waals surface area contributed by atoms with Crippen LogP contribution in [0.25, 0.3) is 22.8 Å². The van der Waals surface area contributed by atoms with Gasteiger partial charge in [-0.25, -0.2) is 0 Å². The molecule has 204 valence electrons. The van der Waals surface area contributed by atoms with Gasteiger partial charge in [-0.15, -0.1) is 0 Å². The van der Waals surface area contributed by atoms with Gasteiger partial charge in [0.15, 0.2) is 0 Å². The van der Waals surface area contributed by atoms with Crippen LogP contribution in [0.15, 0.2) is 36.4 Å². The van der Waals surface area contributed by atoms with Crippen LogP contribution in [0, 0.1) is 13.8 Å². The molecule has 0 bridgehead atoms. The molecule has 2 aliphatic rings. The number of para-hydroxylation sites is 1. The number of aromatic amines is 1. The van der Waals surface area contributed by atoms with E-state index in [9.17, 15) is 9.59 Å². The minimum Gasteiger partial charge on any atom is -0.496 e. The highest BCUT2D eigenvalue weighted by molar-refractivity contribution is 6.35. The standard InChI is InChI=1S/C32H38N4O3/c1-19(2)23-9-8-10-24(30(23)39-5)22-11-12-25-26(31(37)35-28(25)17-22)18-27-20(3)29(21(4)34-27)32(38)33-13-16-36-14-6-7-15-36/h8-12,17-19,34H,6-7,13-16H2,1-5H3,(H,33,38)(H,35,37). The molecule has 0 spiro atoms. The fraction of sp³-hybridized carbons (Fsp3) is 0.375. The van der Waals surface area contributed by atoms with Crippen LogP contribution in [-0.4, -0.2) is 55.0 Å². The number of carbonyl (C=O) groups is 2. The molecule has 39 heavy (non-hydrogen) atoms. The van der Waals surface area contributed by atoms with E-state index in [-0.39, 0.29) is 11.8 Å². The van der Waals surface area contributed by atoms with Crippen LogP contribution >= 0.6 is 0 Å². The van der Waals surface area contributed by atoms with Gasteiger partial charge in [-0.3, -0.25) is 9.59 Å². The topological polar surface area (TPSA) is 86.5 Å². The number of nitrogens with zero attached hydrogens (tertiary/aromatic N) is 1. The maximum absolute atomic E-state index is 13.1. The van der Waals surface area contributed by atoms with Crippen molar-refractivity contribution in [1.82, 2.24) is 15.2 Å². The number of hydrogen-bond donors (Lipinski definition) is 3. The number of ether oxygens (including phenoxy) is 1. The number of fused-ring (bicyclic) bond motifs is 1. The van der Waals surface area contributed by atoms with Gasteiger partial charge in [-0.1, -0.05) is 44.2 Å². The average molecular weight is 527 g/mol. The Hall–Kier alpha value is -3.84. The maximum Gasteiger partial charge on any atom is 0.256 e. The van der Waals surface area contributed by atoms with Crippen molar-refractivity contribution in [2.45, 2.75) is 46.5 Å². The first-order valence-electron chi connectivity index (χ1n) is 13.8. The van der Waals surface area contributed by atoms with Crippen LogP contribution in [0.4, 0.5) is 5.69 Å². The molecular formula is C32H38N4O3. The fourth-order valence-corrected chi connectivity index (χ4v) is 5.80. The number of carbonyl (C=O) groups excluding carboxylic acids is 2. The van der Waals surface area contributed by atoms with Gasteiger partial charge < -0.3 is 25.3 Å². The Balaban J connectivity index is 1.40. The molecule has 2 aromatic carbocycles. The zero-order chi connectivity index (χ0) is 27.7. The number of H-pyrrole nitrogens is 1. The molecule has 1 fully saturated rings. The molecule has 5 rings (SSSR count). The van der Waals surface area contributed by atoms with Crippen molar-refractivity contribution in [2.24, 2.45) is 0 Å². The molecule has 0 unspecified atom stereocenters. The van der Waals surface area contributed by atoms with E-state index >= 15 is 0 Å². The Morgan fingerprint density at radius 3 is 2.62 bits per heavy atom. The number of aromatic nitrogens is 1. The van der Waals surface area contributed by atoms with Crippen LogP contribution in [-0.2, 0) is 4.79 Å². The van der Waals surface area contributed by atoms with E-state index in [1.54, 1.807) is 7.11 Å². The minimum absolute atomic E-state index is 0.0800. The molecule has 1 saturated heterocycles. The van der Waals surface area contributed by atoms with Crippen molar-refractivity contribution in [3.05, 3.63) is 70.0 Å². The van der Waals surface area contributed by atoms with Crippen LogP contribution in [0.1, 0.15) is 71.0 Å². The minimum atomic E-state index is -0.159. The second kappa shape index (κ2) is 11.1. The molecule has 2 aliphatic heterocycles. The lowest BCUT2D eigenvalue weighted by Gasteiger charge is -2.16. The fourth-order valence-electron chi connectivity index (χ4n) is 5.80. The summed E-state index contributed by atoms with van der Waals surface area (Å²) in [5.41, 5.74) is 8.35. The molecule has 0 radical (unpaired) electrons. The SMILES string of the molecule is COc1c(-c2ccc3c(c2)NC(=O)C3=Cc2[nH]c(C)c(C(=O)NCCN3CCCC3)c2C)cccc1C(C)C. The number of hydrogen-bond acceptors (Lipinski definition) is 4. The van der Waals surface area contributed by atoms with Crippen molar-refractivity contribution in [1.29, 1.82) is 0 Å². The third-order valence-electron chi connectivity index (χ3n) is 7.89. The lowest BCUT2D eigenvalue weighted by atomic mass is 9.94. The zero-order valence-electron chi connectivity index (χ0n) is 23.5. The van der Waals surface area contributed by atoms with E-state index in [0.29, 0.717) is 23.6 Å². The molecule has 3 heterocycles. The Bertz CT molecular complexity index is 1440. The molecule has 0 saturated carbocycles. The van der Waals surface area contributed by atoms with Gasteiger partial charge >= 0.3 is 0 Å². The maximum atomic E-state index is 13.1. The molecule has 2 amide bonds. The summed E-state index contributed by atoms with van der Waals surface area (Å²) < 4.78 is 5.79. The lowest BCUT2D eigenvalue weighted by Crippen LogP contribution is -2.33. The highest BCUT2D eigenvalue weighted by Crippen LogP contribution is 2.41. The molecule has 7 nitrogen and oxygen atoms in total. The number of aryl methyl sites for hydroxylation is 1. The summed E-state index contributed by atoms with van der Waals surface area (Å²) in [6.07, 6.45) is 4.32. The third kappa shape index (κ3) is 5.23. The second-order valence-electron chi connectivity index (χ2n) is 10.8. The van der Waals surface area contributed by atoms with Crippen molar-refractivity contribution >= 4 is 29.2 Å². The molecule has 1 aromatic heterocycles. The number of rotatable bonds is 8. The largest absolute Gasteiger partial charge is 0.496 e. The van der Waals surface area contributed by atoms with Crippen LogP contribution in [0.3, 0.4) is 0 Å². The normalized spacial score (nSPS) is 16.2. The number of nitrogens with one attached hydrogen (secondary N) is 3. The van der Waals surface area contributed by atoms with E-state index < -0.39 is 0 Å². The highest BCUT2D eigenvalue weighted by Gasteiger charge is 2.27. The third-order valence-corrected chi connectivity index (χ3v) is 7.89. The van der Waals surface area contributed by atoms with Gasteiger partial charge in [0.25, 0.3) is 11.8 Å². The van der Waals surface area contributed by atoms with Gasteiger partial charge in [0.2, 0.25) is 0 Å². The number of amides is 2. The van der Waals surface area contributed by atoms with E-state index in [4.69, 9.17) is 4.74 Å². The summed E-state index contributed by atoms with van der Waals surface area (Å²) in [5, 5.41) is 6.10. The lowest BCUT2D eigenvalue weighted by molar-refractivity contribution is -0.110. The Labute approximate surface area is 230 Å². The molecular weight excluding hydrogens is 488 g/mol. The Morgan fingerprint density at radius 1 is 1.13 bits per heavy atom. The molecule has 0 atom stereocenters. The summed E-state index contributed by atoms with van der Waals surface area (Å²) >= 11 is 0. The quantitative estimate of drug-likeness (QED) is 0.326. The monoisotopic (exact) mass is 526 g/mol. The molecule has 3 N–H and O–H groups in total. The summed E-state index contributed by atoms with van der Waals surface area (Å²) in [6, 6.07) is 12.2. The summed E-state index contributed by atoms with van der Waals surface area (Å²) in [6.45, 7) is 11.8. The zero-order valence-corrected chi connectivity index (χ0v) is 23.5. The number of methoxy groups -OCH3 is 1. The first kappa shape index (κ1) is 26.8. The Kier molecular flexibility index (Phi) is 7.62. The summed E-state index contributed by atoms with van der Waals surface area (Å²) in [5.74, 6) is 0.946. The van der Waals surface area contributed by atoms with Crippen LogP contribution in [0.2, 0.25) is 0 Å². The van der Waals surface area contributed by atoms with Crippen LogP contribution < -0.4 is 15.4 Å². The van der Waals surface area contributed by atoms with Crippen molar-refractivity contribution < 1.29 is 14.3 Å². The van der Waals surface area contributed by atoms with E-state index in [0.717, 1.165) is 70.3 Å². The predicted molar refractivity (Wildman–Crippen MR) is 157 cm³/mol. The first-order chi connectivity index (χ1) is 18.8. The van der Waals surface area contributed by atoms with Crippen molar-refractivity contribution in [3.63, 3.8) is 0 Å². The highest BCUT2D eigenvalue weighted by atomic mass is 16.5. The van der Waals surface area contributed by atoms with Gasteiger partial charge in [0.1, 0.15) is 5.75 Å². The molecule has 3 aromatic rings. The van der Waals surface area contributed by atoms with E-state index in [2.05, 4.69) is 40.4 Å². The van der Waals surface area contributed by atoms with Gasteiger partial charge in [0, 0.05) is 41.3 Å². The Morgan fingerprint density at radius 2 is 1.90 bits per heavy atom. The number of likely N-dealkylation sites (tertiary alicyclic amines) is 1. The van der Waals surface area contributed by atoms with E-state index in [1.807, 2.05) is 50.3 Å². The van der Waals surface area contributed by atoms with Gasteiger partial charge in [0.05, 0.1) is 18.2 Å². The second-order valence-corrected chi connectivity index (χ2v) is 10.8. The van der Waals surface area contributed by atoms with Crippen LogP contribution in [0.5, 0.6) is 5.75 Å². The smallest absolute Gasteiger partial charge is 0.256 e. The van der Waals surface area contributed by atoms with E-state index in [1.165, 1.54) is 12.8 Å². The molecule has 0 aliphatic carbocycles. The number of anilines is 1. The number of benzene rings is 2.